The zero-order valence-electron chi connectivity index (χ0n) is 14.1. The number of rotatable bonds is 4. The highest BCUT2D eigenvalue weighted by Gasteiger charge is 2.14. The van der Waals surface area contributed by atoms with Crippen molar-refractivity contribution >= 4 is 33.1 Å². The summed E-state index contributed by atoms with van der Waals surface area (Å²) in [5.74, 6) is 0.244. The van der Waals surface area contributed by atoms with E-state index < -0.39 is 0 Å². The summed E-state index contributed by atoms with van der Waals surface area (Å²) < 4.78 is 5.65. The van der Waals surface area contributed by atoms with Gasteiger partial charge in [-0.2, -0.15) is 0 Å². The Hall–Kier alpha value is -2.47. The van der Waals surface area contributed by atoms with Gasteiger partial charge in [0, 0.05) is 10.6 Å². The highest BCUT2D eigenvalue weighted by atomic mass is 32.1. The Kier molecular flexibility index (Phi) is 4.49. The summed E-state index contributed by atoms with van der Waals surface area (Å²) >= 11 is 1.60. The number of aryl methyl sites for hydroxylation is 4. The normalized spacial score (nSPS) is 10.8. The Morgan fingerprint density at radius 3 is 2.54 bits per heavy atom. The maximum Gasteiger partial charge on any atom is 0.262 e. The topological polar surface area (TPSA) is 64.1 Å². The Labute approximate surface area is 144 Å². The van der Waals surface area contributed by atoms with Crippen LogP contribution in [0, 0.1) is 27.7 Å². The van der Waals surface area contributed by atoms with E-state index in [-0.39, 0.29) is 12.5 Å². The molecule has 0 unspecified atom stereocenters. The van der Waals surface area contributed by atoms with Crippen molar-refractivity contribution in [2.75, 3.05) is 11.9 Å². The largest absolute Gasteiger partial charge is 0.467 e. The summed E-state index contributed by atoms with van der Waals surface area (Å²) in [6.45, 7) is 7.96. The number of benzene rings is 1. The number of nitrogens with zero attached hydrogens (tertiary/aromatic N) is 2. The number of fused-ring (bicyclic) bond motifs is 1. The van der Waals surface area contributed by atoms with Crippen molar-refractivity contribution in [3.05, 3.63) is 46.1 Å². The molecule has 2 heterocycles. The molecule has 24 heavy (non-hydrogen) atoms. The fourth-order valence-electron chi connectivity index (χ4n) is 2.64. The zero-order valence-corrected chi connectivity index (χ0v) is 15.0. The zero-order chi connectivity index (χ0) is 17.3. The van der Waals surface area contributed by atoms with E-state index in [0.29, 0.717) is 5.88 Å². The Balaban J connectivity index is 1.73. The van der Waals surface area contributed by atoms with E-state index in [0.717, 1.165) is 32.6 Å². The first kappa shape index (κ1) is 16.4. The second-order valence-electron chi connectivity index (χ2n) is 5.86. The first-order valence-corrected chi connectivity index (χ1v) is 8.47. The number of ether oxygens (including phenoxy) is 1. The Morgan fingerprint density at radius 2 is 1.83 bits per heavy atom. The molecule has 0 saturated heterocycles. The lowest BCUT2D eigenvalue weighted by atomic mass is 10.1. The number of carbonyl (C=O) groups excluding carboxylic acids is 1. The van der Waals surface area contributed by atoms with Crippen molar-refractivity contribution in [1.29, 1.82) is 0 Å². The van der Waals surface area contributed by atoms with Gasteiger partial charge in [0.2, 0.25) is 5.88 Å². The summed E-state index contributed by atoms with van der Waals surface area (Å²) in [7, 11) is 0. The van der Waals surface area contributed by atoms with Gasteiger partial charge in [0.05, 0.1) is 5.39 Å². The van der Waals surface area contributed by atoms with E-state index in [4.69, 9.17) is 4.74 Å². The van der Waals surface area contributed by atoms with Crippen LogP contribution in [-0.4, -0.2) is 22.5 Å². The van der Waals surface area contributed by atoms with E-state index in [1.165, 1.54) is 11.2 Å². The van der Waals surface area contributed by atoms with E-state index in [2.05, 4.69) is 21.4 Å². The second kappa shape index (κ2) is 6.57. The summed E-state index contributed by atoms with van der Waals surface area (Å²) in [6, 6.07) is 5.92. The molecule has 1 aromatic carbocycles. The molecule has 2 aromatic heterocycles. The molecule has 124 valence electrons. The van der Waals surface area contributed by atoms with Crippen molar-refractivity contribution < 1.29 is 9.53 Å². The lowest BCUT2D eigenvalue weighted by Crippen LogP contribution is -2.20. The van der Waals surface area contributed by atoms with Crippen LogP contribution < -0.4 is 10.1 Å². The summed E-state index contributed by atoms with van der Waals surface area (Å²) in [6.07, 6.45) is 1.47. The summed E-state index contributed by atoms with van der Waals surface area (Å²) in [5, 5.41) is 3.75. The molecule has 1 amide bonds. The molecular weight excluding hydrogens is 322 g/mol. The first-order valence-electron chi connectivity index (χ1n) is 7.65. The highest BCUT2D eigenvalue weighted by Crippen LogP contribution is 2.33. The molecule has 0 saturated carbocycles. The van der Waals surface area contributed by atoms with Crippen LogP contribution in [0.2, 0.25) is 0 Å². The fourth-order valence-corrected chi connectivity index (χ4v) is 3.62. The van der Waals surface area contributed by atoms with Gasteiger partial charge < -0.3 is 10.1 Å². The third kappa shape index (κ3) is 3.38. The van der Waals surface area contributed by atoms with Crippen molar-refractivity contribution in [2.45, 2.75) is 27.7 Å². The molecular formula is C18H19N3O2S. The van der Waals surface area contributed by atoms with Gasteiger partial charge in [0.15, 0.2) is 6.61 Å². The van der Waals surface area contributed by atoms with Crippen molar-refractivity contribution in [1.82, 2.24) is 9.97 Å². The highest BCUT2D eigenvalue weighted by molar-refractivity contribution is 7.18. The molecule has 0 atom stereocenters. The van der Waals surface area contributed by atoms with Crippen LogP contribution in [0.15, 0.2) is 24.5 Å². The SMILES string of the molecule is Cc1cc(C)cc(NC(=O)COc2ncnc3sc(C)c(C)c23)c1. The number of hydrogen-bond acceptors (Lipinski definition) is 5. The molecule has 0 bridgehead atoms. The van der Waals surface area contributed by atoms with Crippen LogP contribution in [0.4, 0.5) is 5.69 Å². The van der Waals surface area contributed by atoms with Crippen molar-refractivity contribution in [2.24, 2.45) is 0 Å². The molecule has 6 heteroatoms. The van der Waals surface area contributed by atoms with Gasteiger partial charge in [0.25, 0.3) is 5.91 Å². The van der Waals surface area contributed by atoms with Gasteiger partial charge in [-0.15, -0.1) is 11.3 Å². The third-order valence-electron chi connectivity index (χ3n) is 3.78. The maximum atomic E-state index is 12.2. The summed E-state index contributed by atoms with van der Waals surface area (Å²) in [5.41, 5.74) is 4.08. The number of nitrogens with one attached hydrogen (secondary N) is 1. The number of amides is 1. The van der Waals surface area contributed by atoms with Crippen molar-refractivity contribution in [3.8, 4) is 5.88 Å². The minimum atomic E-state index is -0.212. The Bertz CT molecular complexity index is 898. The van der Waals surface area contributed by atoms with E-state index >= 15 is 0 Å². The van der Waals surface area contributed by atoms with Gasteiger partial charge in [-0.3, -0.25) is 4.79 Å². The minimum absolute atomic E-state index is 0.0898. The average Bonchev–Trinajstić information content (AvgIpc) is 2.79. The van der Waals surface area contributed by atoms with Crippen LogP contribution in [0.3, 0.4) is 0 Å². The Morgan fingerprint density at radius 1 is 1.12 bits per heavy atom. The maximum absolute atomic E-state index is 12.2. The molecule has 3 aromatic rings. The van der Waals surface area contributed by atoms with E-state index in [9.17, 15) is 4.79 Å². The molecule has 0 fully saturated rings. The van der Waals surface area contributed by atoms with Gasteiger partial charge in [-0.25, -0.2) is 9.97 Å². The monoisotopic (exact) mass is 341 g/mol. The smallest absolute Gasteiger partial charge is 0.262 e. The van der Waals surface area contributed by atoms with E-state index in [1.54, 1.807) is 11.3 Å². The average molecular weight is 341 g/mol. The number of thiophene rings is 1. The predicted molar refractivity (Wildman–Crippen MR) is 96.9 cm³/mol. The van der Waals surface area contributed by atoms with Gasteiger partial charge in [-0.05, 0) is 56.5 Å². The molecule has 0 aliphatic rings. The molecule has 0 aliphatic carbocycles. The van der Waals surface area contributed by atoms with Crippen molar-refractivity contribution in [3.63, 3.8) is 0 Å². The third-order valence-corrected chi connectivity index (χ3v) is 4.89. The van der Waals surface area contributed by atoms with Crippen LogP contribution >= 0.6 is 11.3 Å². The minimum Gasteiger partial charge on any atom is -0.467 e. The van der Waals surface area contributed by atoms with Gasteiger partial charge in [-0.1, -0.05) is 6.07 Å². The molecule has 3 rings (SSSR count). The number of hydrogen-bond donors (Lipinski definition) is 1. The van der Waals surface area contributed by atoms with Crippen LogP contribution in [0.25, 0.3) is 10.2 Å². The number of anilines is 1. The van der Waals surface area contributed by atoms with Crippen LogP contribution in [0.5, 0.6) is 5.88 Å². The van der Waals surface area contributed by atoms with Crippen LogP contribution in [0.1, 0.15) is 21.6 Å². The standard InChI is InChI=1S/C18H19N3O2S/c1-10-5-11(2)7-14(6-10)21-15(22)8-23-17-16-12(3)13(4)24-18(16)20-9-19-17/h5-7,9H,8H2,1-4H3,(H,21,22). The quantitative estimate of drug-likeness (QED) is 0.780. The molecule has 0 aliphatic heterocycles. The number of aromatic nitrogens is 2. The van der Waals surface area contributed by atoms with E-state index in [1.807, 2.05) is 39.8 Å². The molecule has 0 spiro atoms. The predicted octanol–water partition coefficient (Wildman–Crippen LogP) is 3.94. The lowest BCUT2D eigenvalue weighted by Gasteiger charge is -2.09. The van der Waals surface area contributed by atoms with Gasteiger partial charge >= 0.3 is 0 Å². The summed E-state index contributed by atoms with van der Waals surface area (Å²) in [4.78, 5) is 22.7. The van der Waals surface area contributed by atoms with Gasteiger partial charge in [0.1, 0.15) is 11.2 Å². The first-order chi connectivity index (χ1) is 11.4. The second-order valence-corrected chi connectivity index (χ2v) is 7.06. The molecule has 1 N–H and O–H groups in total. The fraction of sp³-hybridized carbons (Fsp3) is 0.278. The lowest BCUT2D eigenvalue weighted by molar-refractivity contribution is -0.118. The van der Waals surface area contributed by atoms with Crippen LogP contribution in [-0.2, 0) is 4.79 Å². The molecule has 0 radical (unpaired) electrons. The molecule has 5 nitrogen and oxygen atoms in total. The number of carbonyl (C=O) groups is 1.